The number of aryl methyl sites for hydroxylation is 2. The van der Waals surface area contributed by atoms with Gasteiger partial charge in [0.2, 0.25) is 15.8 Å². The Morgan fingerprint density at radius 2 is 1.65 bits per heavy atom. The molecule has 0 atom stereocenters. The van der Waals surface area contributed by atoms with Crippen LogP contribution in [-0.2, 0) is 21.3 Å². The first kappa shape index (κ1) is 25.1. The Hall–Kier alpha value is -3.49. The van der Waals surface area contributed by atoms with Gasteiger partial charge in [-0.25, -0.2) is 13.2 Å². The first-order valence-corrected chi connectivity index (χ1v) is 12.0. The summed E-state index contributed by atoms with van der Waals surface area (Å²) in [6.07, 6.45) is 0. The number of Topliss-reactive ketones (excluding diaryl/α,β-unsaturated/α-hetero) is 1. The number of benzene rings is 3. The smallest absolute Gasteiger partial charge is 0.338 e. The second-order valence-corrected chi connectivity index (χ2v) is 9.94. The van der Waals surface area contributed by atoms with Crippen molar-refractivity contribution < 1.29 is 27.5 Å². The molecule has 178 valence electrons. The molecule has 3 aromatic rings. The number of hydrogen-bond donors (Lipinski definition) is 0. The van der Waals surface area contributed by atoms with Crippen molar-refractivity contribution in [3.05, 3.63) is 94.5 Å². The van der Waals surface area contributed by atoms with E-state index in [1.54, 1.807) is 13.0 Å². The number of nitrogens with zero attached hydrogens (tertiary/aromatic N) is 1. The van der Waals surface area contributed by atoms with Gasteiger partial charge in [0.15, 0.2) is 6.61 Å². The molecule has 0 heterocycles. The fraction of sp³-hybridized carbons (Fsp3) is 0.231. The molecule has 0 N–H and O–H groups in total. The number of carbonyl (C=O) groups is 2. The van der Waals surface area contributed by atoms with Crippen LogP contribution in [-0.4, -0.2) is 45.2 Å². The second kappa shape index (κ2) is 10.6. The molecule has 8 heteroatoms. The predicted octanol–water partition coefficient (Wildman–Crippen LogP) is 4.17. The minimum absolute atomic E-state index is 0.00116. The lowest BCUT2D eigenvalue weighted by atomic mass is 10.0. The number of methoxy groups -OCH3 is 1. The predicted molar refractivity (Wildman–Crippen MR) is 129 cm³/mol. The van der Waals surface area contributed by atoms with E-state index in [-0.39, 0.29) is 28.5 Å². The molecular weight excluding hydrogens is 454 g/mol. The van der Waals surface area contributed by atoms with Gasteiger partial charge in [-0.2, -0.15) is 4.31 Å². The monoisotopic (exact) mass is 481 g/mol. The molecule has 34 heavy (non-hydrogen) atoms. The van der Waals surface area contributed by atoms with E-state index in [2.05, 4.69) is 0 Å². The molecule has 0 unspecified atom stereocenters. The standard InChI is InChI=1S/C26H27NO6S/c1-18-10-11-19(2)22(14-18)23(28)17-33-26(29)21-12-13-24(32-4)25(15-21)34(30,31)27(3)16-20-8-6-5-7-9-20/h5-15H,16-17H2,1-4H3. The van der Waals surface area contributed by atoms with E-state index in [9.17, 15) is 18.0 Å². The molecule has 7 nitrogen and oxygen atoms in total. The van der Waals surface area contributed by atoms with Gasteiger partial charge in [-0.1, -0.05) is 48.0 Å². The number of sulfonamides is 1. The Morgan fingerprint density at radius 1 is 0.941 bits per heavy atom. The fourth-order valence-electron chi connectivity index (χ4n) is 3.43. The van der Waals surface area contributed by atoms with Crippen LogP contribution in [0.15, 0.2) is 71.6 Å². The molecule has 0 aromatic heterocycles. The lowest BCUT2D eigenvalue weighted by molar-refractivity contribution is 0.0474. The van der Waals surface area contributed by atoms with Crippen LogP contribution in [0.25, 0.3) is 0 Å². The van der Waals surface area contributed by atoms with Crippen molar-refractivity contribution >= 4 is 21.8 Å². The maximum atomic E-state index is 13.3. The number of ketones is 1. The number of rotatable bonds is 9. The van der Waals surface area contributed by atoms with Crippen molar-refractivity contribution in [2.45, 2.75) is 25.3 Å². The maximum Gasteiger partial charge on any atom is 0.338 e. The van der Waals surface area contributed by atoms with Crippen molar-refractivity contribution in [1.82, 2.24) is 4.31 Å². The first-order valence-electron chi connectivity index (χ1n) is 10.6. The highest BCUT2D eigenvalue weighted by Crippen LogP contribution is 2.28. The second-order valence-electron chi connectivity index (χ2n) is 7.93. The van der Waals surface area contributed by atoms with Gasteiger partial charge in [0.25, 0.3) is 0 Å². The van der Waals surface area contributed by atoms with E-state index in [4.69, 9.17) is 9.47 Å². The third-order valence-electron chi connectivity index (χ3n) is 5.36. The Morgan fingerprint density at radius 3 is 2.32 bits per heavy atom. The Kier molecular flexibility index (Phi) is 7.86. The van der Waals surface area contributed by atoms with Crippen molar-refractivity contribution in [3.63, 3.8) is 0 Å². The first-order chi connectivity index (χ1) is 16.1. The Bertz CT molecular complexity index is 1300. The molecule has 0 aliphatic carbocycles. The molecule has 0 bridgehead atoms. The van der Waals surface area contributed by atoms with Gasteiger partial charge in [0.05, 0.1) is 12.7 Å². The molecule has 0 aliphatic heterocycles. The molecule has 3 aromatic carbocycles. The molecule has 0 radical (unpaired) electrons. The number of carbonyl (C=O) groups excluding carboxylic acids is 2. The van der Waals surface area contributed by atoms with Crippen LogP contribution in [0.3, 0.4) is 0 Å². The highest BCUT2D eigenvalue weighted by molar-refractivity contribution is 7.89. The minimum atomic E-state index is -3.99. The zero-order valence-corrected chi connectivity index (χ0v) is 20.4. The molecule has 0 amide bonds. The summed E-state index contributed by atoms with van der Waals surface area (Å²) in [5.41, 5.74) is 3.00. The van der Waals surface area contributed by atoms with Crippen molar-refractivity contribution in [3.8, 4) is 5.75 Å². The van der Waals surface area contributed by atoms with E-state index in [0.29, 0.717) is 5.56 Å². The van der Waals surface area contributed by atoms with Gasteiger partial charge < -0.3 is 9.47 Å². The number of esters is 1. The third kappa shape index (κ3) is 5.70. The topological polar surface area (TPSA) is 90.0 Å². The summed E-state index contributed by atoms with van der Waals surface area (Å²) in [7, 11) is -1.18. The minimum Gasteiger partial charge on any atom is -0.495 e. The van der Waals surface area contributed by atoms with E-state index in [0.717, 1.165) is 16.7 Å². The Balaban J connectivity index is 1.80. The molecule has 0 saturated carbocycles. The van der Waals surface area contributed by atoms with Crippen molar-refractivity contribution in [1.29, 1.82) is 0 Å². The summed E-state index contributed by atoms with van der Waals surface area (Å²) in [5, 5.41) is 0. The van der Waals surface area contributed by atoms with E-state index in [1.807, 2.05) is 49.4 Å². The third-order valence-corrected chi connectivity index (χ3v) is 7.19. The zero-order chi connectivity index (χ0) is 24.9. The molecule has 0 aliphatic rings. The highest BCUT2D eigenvalue weighted by atomic mass is 32.2. The van der Waals surface area contributed by atoms with E-state index in [1.165, 1.54) is 36.7 Å². The van der Waals surface area contributed by atoms with Gasteiger partial charge in [0.1, 0.15) is 10.6 Å². The van der Waals surface area contributed by atoms with Crippen LogP contribution in [0.4, 0.5) is 0 Å². The lowest BCUT2D eigenvalue weighted by Crippen LogP contribution is -2.27. The van der Waals surface area contributed by atoms with Gasteiger partial charge >= 0.3 is 5.97 Å². The Labute approximate surface area is 200 Å². The summed E-state index contributed by atoms with van der Waals surface area (Å²) < 4.78 is 38.1. The van der Waals surface area contributed by atoms with Crippen LogP contribution in [0.1, 0.15) is 37.4 Å². The van der Waals surface area contributed by atoms with Gasteiger partial charge in [-0.15, -0.1) is 0 Å². The van der Waals surface area contributed by atoms with Gasteiger partial charge in [0, 0.05) is 19.2 Å². The van der Waals surface area contributed by atoms with Gasteiger partial charge in [-0.05, 0) is 49.2 Å². The van der Waals surface area contributed by atoms with Gasteiger partial charge in [-0.3, -0.25) is 4.79 Å². The molecule has 0 spiro atoms. The summed E-state index contributed by atoms with van der Waals surface area (Å²) in [6.45, 7) is 3.37. The summed E-state index contributed by atoms with van der Waals surface area (Å²) in [4.78, 5) is 25.0. The van der Waals surface area contributed by atoms with Crippen LogP contribution < -0.4 is 4.74 Å². The van der Waals surface area contributed by atoms with E-state index >= 15 is 0 Å². The average Bonchev–Trinajstić information content (AvgIpc) is 2.83. The average molecular weight is 482 g/mol. The molecule has 0 saturated heterocycles. The van der Waals surface area contributed by atoms with Crippen molar-refractivity contribution in [2.24, 2.45) is 0 Å². The quantitative estimate of drug-likeness (QED) is 0.337. The number of hydrogen-bond acceptors (Lipinski definition) is 6. The zero-order valence-electron chi connectivity index (χ0n) is 19.6. The number of ether oxygens (including phenoxy) is 2. The maximum absolute atomic E-state index is 13.3. The molecular formula is C26H27NO6S. The lowest BCUT2D eigenvalue weighted by Gasteiger charge is -2.19. The summed E-state index contributed by atoms with van der Waals surface area (Å²) >= 11 is 0. The van der Waals surface area contributed by atoms with E-state index < -0.39 is 22.6 Å². The normalized spacial score (nSPS) is 11.3. The summed E-state index contributed by atoms with van der Waals surface area (Å²) in [6, 6.07) is 18.6. The van der Waals surface area contributed by atoms with Crippen LogP contribution in [0.2, 0.25) is 0 Å². The van der Waals surface area contributed by atoms with Crippen LogP contribution in [0.5, 0.6) is 5.75 Å². The highest BCUT2D eigenvalue weighted by Gasteiger charge is 2.27. The van der Waals surface area contributed by atoms with Crippen LogP contribution in [0, 0.1) is 13.8 Å². The largest absolute Gasteiger partial charge is 0.495 e. The molecule has 0 fully saturated rings. The van der Waals surface area contributed by atoms with Crippen molar-refractivity contribution in [2.75, 3.05) is 20.8 Å². The molecule has 3 rings (SSSR count). The van der Waals surface area contributed by atoms with Crippen LogP contribution >= 0.6 is 0 Å². The fourth-order valence-corrected chi connectivity index (χ4v) is 4.76. The SMILES string of the molecule is COc1ccc(C(=O)OCC(=O)c2cc(C)ccc2C)cc1S(=O)(=O)N(C)Cc1ccccc1. The summed E-state index contributed by atoms with van der Waals surface area (Å²) in [5.74, 6) is -1.04.